The molecule has 0 radical (unpaired) electrons. The Kier molecular flexibility index (Phi) is 7.77. The largest absolute Gasteiger partial charge is 0.372 e. The van der Waals surface area contributed by atoms with Gasteiger partial charge in [0.05, 0.1) is 6.54 Å². The molecule has 144 valence electrons. The molecule has 3 rings (SSSR count). The number of hydrogen-bond donors (Lipinski definition) is 2. The van der Waals surface area contributed by atoms with E-state index in [-0.39, 0.29) is 5.91 Å². The standard InChI is InChI=1S/C21H34N4O/c26-21(18-22-12-17-24-13-4-3-5-14-24)23-19-8-10-20(11-9-19)25-15-6-1-2-7-16-25/h8-11,22H,1-7,12-18H2,(H,23,26). The number of rotatable bonds is 7. The lowest BCUT2D eigenvalue weighted by molar-refractivity contribution is -0.115. The van der Waals surface area contributed by atoms with Crippen molar-refractivity contribution in [3.05, 3.63) is 24.3 Å². The van der Waals surface area contributed by atoms with E-state index in [9.17, 15) is 4.79 Å². The summed E-state index contributed by atoms with van der Waals surface area (Å²) in [5, 5.41) is 6.25. The molecule has 0 bridgehead atoms. The van der Waals surface area contributed by atoms with E-state index in [1.54, 1.807) is 0 Å². The van der Waals surface area contributed by atoms with E-state index in [0.29, 0.717) is 6.54 Å². The van der Waals surface area contributed by atoms with Gasteiger partial charge in [-0.3, -0.25) is 4.79 Å². The Balaban J connectivity index is 1.35. The van der Waals surface area contributed by atoms with Crippen LogP contribution in [-0.4, -0.2) is 56.6 Å². The minimum atomic E-state index is 0.0335. The zero-order valence-electron chi connectivity index (χ0n) is 16.0. The van der Waals surface area contributed by atoms with Crippen molar-refractivity contribution >= 4 is 17.3 Å². The minimum absolute atomic E-state index is 0.0335. The fraction of sp³-hybridized carbons (Fsp3) is 0.667. The molecule has 5 nitrogen and oxygen atoms in total. The molecule has 1 aromatic rings. The van der Waals surface area contributed by atoms with Crippen molar-refractivity contribution in [2.24, 2.45) is 0 Å². The van der Waals surface area contributed by atoms with Crippen molar-refractivity contribution in [3.8, 4) is 0 Å². The van der Waals surface area contributed by atoms with Gasteiger partial charge in [0.25, 0.3) is 0 Å². The average Bonchev–Trinajstić information content (AvgIpc) is 2.96. The molecule has 2 heterocycles. The summed E-state index contributed by atoms with van der Waals surface area (Å²) in [6.45, 7) is 6.99. The first-order valence-corrected chi connectivity index (χ1v) is 10.4. The van der Waals surface area contributed by atoms with Crippen molar-refractivity contribution < 1.29 is 4.79 Å². The molecule has 2 fully saturated rings. The molecular formula is C21H34N4O. The molecule has 26 heavy (non-hydrogen) atoms. The molecule has 5 heteroatoms. The van der Waals surface area contributed by atoms with E-state index < -0.39 is 0 Å². The van der Waals surface area contributed by atoms with Crippen LogP contribution in [0.2, 0.25) is 0 Å². The van der Waals surface area contributed by atoms with Crippen LogP contribution in [0, 0.1) is 0 Å². The fourth-order valence-corrected chi connectivity index (χ4v) is 3.91. The lowest BCUT2D eigenvalue weighted by Gasteiger charge is -2.26. The molecule has 0 saturated carbocycles. The van der Waals surface area contributed by atoms with Crippen LogP contribution in [-0.2, 0) is 4.79 Å². The molecule has 0 unspecified atom stereocenters. The summed E-state index contributed by atoms with van der Waals surface area (Å²) >= 11 is 0. The number of carbonyl (C=O) groups is 1. The van der Waals surface area contributed by atoms with E-state index in [1.165, 1.54) is 63.7 Å². The smallest absolute Gasteiger partial charge is 0.238 e. The third kappa shape index (κ3) is 6.29. The zero-order valence-corrected chi connectivity index (χ0v) is 16.0. The van der Waals surface area contributed by atoms with Gasteiger partial charge in [0.2, 0.25) is 5.91 Å². The number of benzene rings is 1. The molecule has 1 aromatic carbocycles. The van der Waals surface area contributed by atoms with Gasteiger partial charge in [-0.15, -0.1) is 0 Å². The van der Waals surface area contributed by atoms with E-state index in [2.05, 4.69) is 32.6 Å². The SMILES string of the molecule is O=C(CNCCN1CCCCC1)Nc1ccc(N2CCCCCC2)cc1. The van der Waals surface area contributed by atoms with Gasteiger partial charge in [-0.1, -0.05) is 19.3 Å². The van der Waals surface area contributed by atoms with Crippen LogP contribution in [0.1, 0.15) is 44.9 Å². The highest BCUT2D eigenvalue weighted by Gasteiger charge is 2.11. The summed E-state index contributed by atoms with van der Waals surface area (Å²) in [6.07, 6.45) is 9.23. The third-order valence-corrected chi connectivity index (χ3v) is 5.46. The van der Waals surface area contributed by atoms with Crippen molar-refractivity contribution in [1.29, 1.82) is 0 Å². The molecule has 2 aliphatic rings. The van der Waals surface area contributed by atoms with Crippen molar-refractivity contribution in [1.82, 2.24) is 10.2 Å². The Morgan fingerprint density at radius 1 is 0.846 bits per heavy atom. The lowest BCUT2D eigenvalue weighted by atomic mass is 10.1. The van der Waals surface area contributed by atoms with Crippen molar-refractivity contribution in [2.75, 3.05) is 56.0 Å². The van der Waals surface area contributed by atoms with Crippen molar-refractivity contribution in [3.63, 3.8) is 0 Å². The van der Waals surface area contributed by atoms with Gasteiger partial charge in [0.1, 0.15) is 0 Å². The quantitative estimate of drug-likeness (QED) is 0.736. The van der Waals surface area contributed by atoms with Crippen LogP contribution < -0.4 is 15.5 Å². The number of carbonyl (C=O) groups excluding carboxylic acids is 1. The second-order valence-electron chi connectivity index (χ2n) is 7.58. The number of likely N-dealkylation sites (tertiary alicyclic amines) is 1. The van der Waals surface area contributed by atoms with Crippen molar-refractivity contribution in [2.45, 2.75) is 44.9 Å². The first-order chi connectivity index (χ1) is 12.8. The predicted octanol–water partition coefficient (Wildman–Crippen LogP) is 3.08. The molecule has 2 saturated heterocycles. The highest BCUT2D eigenvalue weighted by molar-refractivity contribution is 5.92. The Hall–Kier alpha value is -1.59. The molecule has 2 aliphatic heterocycles. The lowest BCUT2D eigenvalue weighted by Crippen LogP contribution is -2.38. The highest BCUT2D eigenvalue weighted by Crippen LogP contribution is 2.21. The summed E-state index contributed by atoms with van der Waals surface area (Å²) in [6, 6.07) is 8.30. The molecule has 2 N–H and O–H groups in total. The van der Waals surface area contributed by atoms with E-state index in [0.717, 1.165) is 31.9 Å². The van der Waals surface area contributed by atoms with Gasteiger partial charge < -0.3 is 20.4 Å². The number of anilines is 2. The van der Waals surface area contributed by atoms with Gasteiger partial charge in [-0.05, 0) is 63.0 Å². The summed E-state index contributed by atoms with van der Waals surface area (Å²) < 4.78 is 0. The predicted molar refractivity (Wildman–Crippen MR) is 109 cm³/mol. The molecule has 0 spiro atoms. The summed E-state index contributed by atoms with van der Waals surface area (Å²) in [5.74, 6) is 0.0335. The Morgan fingerprint density at radius 2 is 1.46 bits per heavy atom. The molecule has 0 aromatic heterocycles. The second kappa shape index (κ2) is 10.5. The second-order valence-corrected chi connectivity index (χ2v) is 7.58. The number of nitrogens with one attached hydrogen (secondary N) is 2. The zero-order chi connectivity index (χ0) is 18.0. The number of amides is 1. The molecular weight excluding hydrogens is 324 g/mol. The summed E-state index contributed by atoms with van der Waals surface area (Å²) in [5.41, 5.74) is 2.15. The van der Waals surface area contributed by atoms with Gasteiger partial charge in [-0.2, -0.15) is 0 Å². The van der Waals surface area contributed by atoms with E-state index in [4.69, 9.17) is 0 Å². The number of piperidine rings is 1. The maximum Gasteiger partial charge on any atom is 0.238 e. The van der Waals surface area contributed by atoms with Gasteiger partial charge >= 0.3 is 0 Å². The first kappa shape index (κ1) is 19.2. The Morgan fingerprint density at radius 3 is 2.15 bits per heavy atom. The van der Waals surface area contributed by atoms with Crippen LogP contribution >= 0.6 is 0 Å². The van der Waals surface area contributed by atoms with Crippen LogP contribution in [0.25, 0.3) is 0 Å². The Bertz CT molecular complexity index is 531. The maximum atomic E-state index is 12.1. The summed E-state index contributed by atoms with van der Waals surface area (Å²) in [7, 11) is 0. The van der Waals surface area contributed by atoms with Gasteiger partial charge in [0, 0.05) is 37.6 Å². The molecule has 0 aliphatic carbocycles. The topological polar surface area (TPSA) is 47.6 Å². The van der Waals surface area contributed by atoms with Crippen LogP contribution in [0.5, 0.6) is 0 Å². The van der Waals surface area contributed by atoms with Crippen LogP contribution in [0.15, 0.2) is 24.3 Å². The Labute approximate surface area is 158 Å². The third-order valence-electron chi connectivity index (χ3n) is 5.46. The molecule has 1 amide bonds. The van der Waals surface area contributed by atoms with E-state index >= 15 is 0 Å². The highest BCUT2D eigenvalue weighted by atomic mass is 16.1. The normalized spacial score (nSPS) is 19.2. The van der Waals surface area contributed by atoms with Crippen LogP contribution in [0.3, 0.4) is 0 Å². The fourth-order valence-electron chi connectivity index (χ4n) is 3.91. The first-order valence-electron chi connectivity index (χ1n) is 10.4. The minimum Gasteiger partial charge on any atom is -0.372 e. The van der Waals surface area contributed by atoms with Gasteiger partial charge in [0.15, 0.2) is 0 Å². The maximum absolute atomic E-state index is 12.1. The molecule has 0 atom stereocenters. The van der Waals surface area contributed by atoms with E-state index in [1.807, 2.05) is 12.1 Å². The summed E-state index contributed by atoms with van der Waals surface area (Å²) in [4.78, 5) is 17.0. The average molecular weight is 359 g/mol. The monoisotopic (exact) mass is 358 g/mol. The van der Waals surface area contributed by atoms with Gasteiger partial charge in [-0.25, -0.2) is 0 Å². The van der Waals surface area contributed by atoms with Crippen LogP contribution in [0.4, 0.5) is 11.4 Å². The number of nitrogens with zero attached hydrogens (tertiary/aromatic N) is 2. The number of hydrogen-bond acceptors (Lipinski definition) is 4.